The van der Waals surface area contributed by atoms with Gasteiger partial charge in [0.2, 0.25) is 5.91 Å². The lowest BCUT2D eigenvalue weighted by Crippen LogP contribution is -2.33. The fourth-order valence-corrected chi connectivity index (χ4v) is 2.67. The monoisotopic (exact) mass is 357 g/mol. The number of nitrogens with one attached hydrogen (secondary N) is 1. The number of nitrogens with zero attached hydrogens (tertiary/aromatic N) is 2. The van der Waals surface area contributed by atoms with Crippen LogP contribution >= 0.6 is 11.6 Å². The van der Waals surface area contributed by atoms with Crippen LogP contribution in [-0.2, 0) is 17.5 Å². The van der Waals surface area contributed by atoms with Crippen molar-refractivity contribution in [2.24, 2.45) is 5.92 Å². The zero-order chi connectivity index (χ0) is 17.3. The lowest BCUT2D eigenvalue weighted by molar-refractivity contribution is -0.141. The zero-order valence-corrected chi connectivity index (χ0v) is 13.3. The van der Waals surface area contributed by atoms with E-state index in [-0.39, 0.29) is 18.5 Å². The molecule has 0 bridgehead atoms. The average Bonchev–Trinajstić information content (AvgIpc) is 3.24. The van der Waals surface area contributed by atoms with E-state index in [0.29, 0.717) is 10.9 Å². The predicted molar refractivity (Wildman–Crippen MR) is 82.3 cm³/mol. The predicted octanol–water partition coefficient (Wildman–Crippen LogP) is 3.82. The Bertz CT molecular complexity index is 723. The smallest absolute Gasteiger partial charge is 0.347 e. The maximum absolute atomic E-state index is 12.5. The van der Waals surface area contributed by atoms with E-state index in [1.807, 2.05) is 12.1 Å². The van der Waals surface area contributed by atoms with Crippen LogP contribution in [0.15, 0.2) is 36.5 Å². The minimum atomic E-state index is -4.51. The van der Waals surface area contributed by atoms with Gasteiger partial charge in [0.25, 0.3) is 0 Å². The molecule has 0 spiro atoms. The second-order valence-corrected chi connectivity index (χ2v) is 6.27. The Kier molecular flexibility index (Phi) is 4.54. The molecule has 1 aromatic heterocycles. The largest absolute Gasteiger partial charge is 0.435 e. The number of amides is 1. The number of aromatic nitrogens is 2. The van der Waals surface area contributed by atoms with Crippen LogP contribution in [0.25, 0.3) is 0 Å². The molecule has 0 aliphatic heterocycles. The lowest BCUT2D eigenvalue weighted by Gasteiger charge is -2.19. The van der Waals surface area contributed by atoms with Crippen LogP contribution in [0.3, 0.4) is 0 Å². The maximum atomic E-state index is 12.5. The zero-order valence-electron chi connectivity index (χ0n) is 12.6. The van der Waals surface area contributed by atoms with Crippen molar-refractivity contribution < 1.29 is 18.0 Å². The van der Waals surface area contributed by atoms with Gasteiger partial charge in [0, 0.05) is 11.2 Å². The standard InChI is InChI=1S/C16H15ClF3N3O/c17-12-5-3-11(4-6-12)15(10-1-2-10)21-14(24)9-23-8-7-13(22-23)16(18,19)20/h3-8,10,15H,1-2,9H2,(H,21,24). The molecule has 3 rings (SSSR count). The van der Waals surface area contributed by atoms with Gasteiger partial charge in [-0.05, 0) is 42.5 Å². The molecule has 1 aliphatic carbocycles. The molecule has 128 valence electrons. The summed E-state index contributed by atoms with van der Waals surface area (Å²) in [5.41, 5.74) is -0.0709. The van der Waals surface area contributed by atoms with Crippen molar-refractivity contribution in [3.05, 3.63) is 52.8 Å². The number of carbonyl (C=O) groups excluding carboxylic acids is 1. The third-order valence-electron chi connectivity index (χ3n) is 3.88. The summed E-state index contributed by atoms with van der Waals surface area (Å²) in [6.07, 6.45) is -1.35. The maximum Gasteiger partial charge on any atom is 0.435 e. The molecule has 1 saturated carbocycles. The molecular weight excluding hydrogens is 343 g/mol. The van der Waals surface area contributed by atoms with Gasteiger partial charge in [-0.15, -0.1) is 0 Å². The molecule has 0 saturated heterocycles. The molecule has 0 radical (unpaired) electrons. The van der Waals surface area contributed by atoms with Gasteiger partial charge >= 0.3 is 6.18 Å². The van der Waals surface area contributed by atoms with Gasteiger partial charge in [0.15, 0.2) is 5.69 Å². The molecule has 1 amide bonds. The summed E-state index contributed by atoms with van der Waals surface area (Å²) in [6, 6.07) is 7.89. The first kappa shape index (κ1) is 16.8. The Morgan fingerprint density at radius 2 is 1.96 bits per heavy atom. The van der Waals surface area contributed by atoms with Gasteiger partial charge in [-0.2, -0.15) is 18.3 Å². The third-order valence-corrected chi connectivity index (χ3v) is 4.13. The summed E-state index contributed by atoms with van der Waals surface area (Å²) in [4.78, 5) is 12.2. The average molecular weight is 358 g/mol. The van der Waals surface area contributed by atoms with Crippen LogP contribution in [0.1, 0.15) is 30.1 Å². The first-order chi connectivity index (χ1) is 11.3. The highest BCUT2D eigenvalue weighted by molar-refractivity contribution is 6.30. The van der Waals surface area contributed by atoms with E-state index in [1.54, 1.807) is 12.1 Å². The number of hydrogen-bond donors (Lipinski definition) is 1. The molecule has 24 heavy (non-hydrogen) atoms. The van der Waals surface area contributed by atoms with Gasteiger partial charge < -0.3 is 5.32 Å². The van der Waals surface area contributed by atoms with E-state index in [0.717, 1.165) is 35.4 Å². The summed E-state index contributed by atoms with van der Waals surface area (Å²) in [7, 11) is 0. The van der Waals surface area contributed by atoms with Crippen LogP contribution < -0.4 is 5.32 Å². The Morgan fingerprint density at radius 1 is 1.29 bits per heavy atom. The molecule has 2 aromatic rings. The molecule has 1 aromatic carbocycles. The number of rotatable bonds is 5. The molecule has 8 heteroatoms. The van der Waals surface area contributed by atoms with E-state index in [1.165, 1.54) is 0 Å². The van der Waals surface area contributed by atoms with Crippen LogP contribution in [0.4, 0.5) is 13.2 Å². The number of halogens is 4. The van der Waals surface area contributed by atoms with Crippen molar-refractivity contribution in [1.29, 1.82) is 0 Å². The van der Waals surface area contributed by atoms with Crippen molar-refractivity contribution in [1.82, 2.24) is 15.1 Å². The van der Waals surface area contributed by atoms with E-state index >= 15 is 0 Å². The Labute approximate surface area is 141 Å². The quantitative estimate of drug-likeness (QED) is 0.884. The lowest BCUT2D eigenvalue weighted by atomic mass is 10.0. The highest BCUT2D eigenvalue weighted by Crippen LogP contribution is 2.41. The highest BCUT2D eigenvalue weighted by atomic mass is 35.5. The van der Waals surface area contributed by atoms with Gasteiger partial charge in [-0.25, -0.2) is 0 Å². The summed E-state index contributed by atoms with van der Waals surface area (Å²) in [5.74, 6) is -0.0304. The SMILES string of the molecule is O=C(Cn1ccc(C(F)(F)F)n1)NC(c1ccc(Cl)cc1)C1CC1. The molecular formula is C16H15ClF3N3O. The minimum absolute atomic E-state index is 0.160. The van der Waals surface area contributed by atoms with Crippen molar-refractivity contribution in [3.8, 4) is 0 Å². The summed E-state index contributed by atoms with van der Waals surface area (Å²) < 4.78 is 38.6. The van der Waals surface area contributed by atoms with Crippen molar-refractivity contribution in [2.45, 2.75) is 31.6 Å². The van der Waals surface area contributed by atoms with Crippen LogP contribution in [0.5, 0.6) is 0 Å². The Morgan fingerprint density at radius 3 is 2.50 bits per heavy atom. The second-order valence-electron chi connectivity index (χ2n) is 5.83. The van der Waals surface area contributed by atoms with Crippen molar-refractivity contribution in [3.63, 3.8) is 0 Å². The minimum Gasteiger partial charge on any atom is -0.347 e. The third kappa shape index (κ3) is 4.08. The van der Waals surface area contributed by atoms with Gasteiger partial charge in [-0.3, -0.25) is 9.48 Å². The van der Waals surface area contributed by atoms with E-state index in [9.17, 15) is 18.0 Å². The molecule has 1 aliphatic rings. The van der Waals surface area contributed by atoms with E-state index in [2.05, 4.69) is 10.4 Å². The molecule has 4 nitrogen and oxygen atoms in total. The second kappa shape index (κ2) is 6.47. The van der Waals surface area contributed by atoms with E-state index in [4.69, 9.17) is 11.6 Å². The van der Waals surface area contributed by atoms with Gasteiger partial charge in [-0.1, -0.05) is 23.7 Å². The van der Waals surface area contributed by atoms with Crippen molar-refractivity contribution in [2.75, 3.05) is 0 Å². The van der Waals surface area contributed by atoms with Crippen LogP contribution in [-0.4, -0.2) is 15.7 Å². The Hall–Kier alpha value is -2.02. The topological polar surface area (TPSA) is 46.9 Å². The fourth-order valence-electron chi connectivity index (χ4n) is 2.54. The molecule has 1 fully saturated rings. The fraction of sp³-hybridized carbons (Fsp3) is 0.375. The van der Waals surface area contributed by atoms with E-state index < -0.39 is 11.9 Å². The first-order valence-electron chi connectivity index (χ1n) is 7.48. The van der Waals surface area contributed by atoms with Gasteiger partial charge in [0.1, 0.15) is 6.54 Å². The molecule has 1 N–H and O–H groups in total. The molecule has 1 heterocycles. The Balaban J connectivity index is 1.66. The summed E-state index contributed by atoms with van der Waals surface area (Å²) in [5, 5.41) is 6.88. The summed E-state index contributed by atoms with van der Waals surface area (Å²) in [6.45, 7) is -0.257. The van der Waals surface area contributed by atoms with Crippen LogP contribution in [0.2, 0.25) is 5.02 Å². The summed E-state index contributed by atoms with van der Waals surface area (Å²) >= 11 is 5.87. The number of alkyl halides is 3. The number of benzene rings is 1. The molecule has 1 unspecified atom stereocenters. The van der Waals surface area contributed by atoms with Crippen LogP contribution in [0, 0.1) is 5.92 Å². The van der Waals surface area contributed by atoms with Crippen molar-refractivity contribution >= 4 is 17.5 Å². The molecule has 1 atom stereocenters. The first-order valence-corrected chi connectivity index (χ1v) is 7.86. The van der Waals surface area contributed by atoms with Gasteiger partial charge in [0.05, 0.1) is 6.04 Å². The number of carbonyl (C=O) groups is 1. The normalized spacial score (nSPS) is 16.0. The highest BCUT2D eigenvalue weighted by Gasteiger charge is 2.35. The number of hydrogen-bond acceptors (Lipinski definition) is 2.